The largest absolute Gasteiger partial charge is 0.497 e. The standard InChI is InChI=1S/C21H20N4O3S/c1-3-14-7-4-5-10-18(14)28-12-19(26)22-20-23-21-25(24-20)17(13-29-21)15-8-6-9-16(11-15)27-2/h4-11,13H,3,12H2,1-2H3,(H,22,24,26). The van der Waals surface area contributed by atoms with E-state index in [4.69, 9.17) is 9.47 Å². The molecule has 0 fully saturated rings. The average Bonchev–Trinajstić information content (AvgIpc) is 3.32. The van der Waals surface area contributed by atoms with Crippen LogP contribution in [-0.4, -0.2) is 34.2 Å². The third-order valence-corrected chi connectivity index (χ3v) is 5.23. The second-order valence-electron chi connectivity index (χ2n) is 6.28. The maximum absolute atomic E-state index is 12.3. The molecule has 7 nitrogen and oxygen atoms in total. The number of fused-ring (bicyclic) bond motifs is 1. The molecule has 1 N–H and O–H groups in total. The second kappa shape index (κ2) is 8.32. The molecule has 4 rings (SSSR count). The van der Waals surface area contributed by atoms with Gasteiger partial charge in [-0.25, -0.2) is 4.52 Å². The van der Waals surface area contributed by atoms with Crippen molar-refractivity contribution in [3.05, 3.63) is 59.5 Å². The van der Waals surface area contributed by atoms with Crippen LogP contribution in [0.1, 0.15) is 12.5 Å². The number of aryl methyl sites for hydroxylation is 1. The lowest BCUT2D eigenvalue weighted by atomic mass is 10.1. The summed E-state index contributed by atoms with van der Waals surface area (Å²) < 4.78 is 12.7. The van der Waals surface area contributed by atoms with Crippen LogP contribution in [-0.2, 0) is 11.2 Å². The van der Waals surface area contributed by atoms with Crippen molar-refractivity contribution < 1.29 is 14.3 Å². The number of anilines is 1. The Hall–Kier alpha value is -3.39. The molecule has 29 heavy (non-hydrogen) atoms. The Labute approximate surface area is 171 Å². The quantitative estimate of drug-likeness (QED) is 0.499. The van der Waals surface area contributed by atoms with E-state index < -0.39 is 0 Å². The summed E-state index contributed by atoms with van der Waals surface area (Å²) in [6.07, 6.45) is 0.837. The van der Waals surface area contributed by atoms with Gasteiger partial charge in [-0.2, -0.15) is 4.98 Å². The van der Waals surface area contributed by atoms with Crippen molar-refractivity contribution in [3.8, 4) is 22.8 Å². The molecular weight excluding hydrogens is 388 g/mol. The Kier molecular flexibility index (Phi) is 5.44. The van der Waals surface area contributed by atoms with Crippen LogP contribution in [0.3, 0.4) is 0 Å². The lowest BCUT2D eigenvalue weighted by Crippen LogP contribution is -2.21. The second-order valence-corrected chi connectivity index (χ2v) is 7.12. The fourth-order valence-corrected chi connectivity index (χ4v) is 3.79. The third kappa shape index (κ3) is 4.07. The molecule has 0 saturated carbocycles. The number of benzene rings is 2. The van der Waals surface area contributed by atoms with Gasteiger partial charge in [-0.1, -0.05) is 37.3 Å². The monoisotopic (exact) mass is 408 g/mol. The molecule has 4 aromatic rings. The lowest BCUT2D eigenvalue weighted by Gasteiger charge is -2.09. The molecule has 0 radical (unpaired) electrons. The predicted molar refractivity (Wildman–Crippen MR) is 113 cm³/mol. The van der Waals surface area contributed by atoms with Crippen LogP contribution in [0.25, 0.3) is 16.2 Å². The van der Waals surface area contributed by atoms with Crippen molar-refractivity contribution in [3.63, 3.8) is 0 Å². The van der Waals surface area contributed by atoms with E-state index in [0.29, 0.717) is 10.7 Å². The van der Waals surface area contributed by atoms with Crippen molar-refractivity contribution in [1.82, 2.24) is 14.6 Å². The summed E-state index contributed by atoms with van der Waals surface area (Å²) >= 11 is 1.45. The summed E-state index contributed by atoms with van der Waals surface area (Å²) in [4.78, 5) is 17.4. The molecule has 0 saturated heterocycles. The number of methoxy groups -OCH3 is 1. The van der Waals surface area contributed by atoms with Gasteiger partial charge in [-0.05, 0) is 30.2 Å². The molecule has 8 heteroatoms. The summed E-state index contributed by atoms with van der Waals surface area (Å²) in [7, 11) is 1.63. The van der Waals surface area contributed by atoms with Crippen molar-refractivity contribution in [1.29, 1.82) is 0 Å². The first-order chi connectivity index (χ1) is 14.2. The molecule has 2 aromatic carbocycles. The highest BCUT2D eigenvalue weighted by molar-refractivity contribution is 7.15. The van der Waals surface area contributed by atoms with E-state index in [1.807, 2.05) is 60.8 Å². The minimum absolute atomic E-state index is 0.105. The summed E-state index contributed by atoms with van der Waals surface area (Å²) in [5.41, 5.74) is 2.90. The Bertz CT molecular complexity index is 1150. The van der Waals surface area contributed by atoms with Crippen LogP contribution in [0.5, 0.6) is 11.5 Å². The van der Waals surface area contributed by atoms with Crippen molar-refractivity contribution >= 4 is 28.2 Å². The topological polar surface area (TPSA) is 77.8 Å². The summed E-state index contributed by atoms with van der Waals surface area (Å²) in [5.74, 6) is 1.42. The average molecular weight is 408 g/mol. The van der Waals surface area contributed by atoms with Crippen LogP contribution in [0.15, 0.2) is 53.9 Å². The number of nitrogens with zero attached hydrogens (tertiary/aromatic N) is 3. The summed E-state index contributed by atoms with van der Waals surface area (Å²) in [6.45, 7) is 1.94. The van der Waals surface area contributed by atoms with Crippen molar-refractivity contribution in [2.45, 2.75) is 13.3 Å². The van der Waals surface area contributed by atoms with Gasteiger partial charge in [0.15, 0.2) is 6.61 Å². The lowest BCUT2D eigenvalue weighted by molar-refractivity contribution is -0.118. The number of rotatable bonds is 7. The van der Waals surface area contributed by atoms with Gasteiger partial charge in [-0.3, -0.25) is 10.1 Å². The molecule has 2 heterocycles. The molecule has 0 spiro atoms. The summed E-state index contributed by atoms with van der Waals surface area (Å²) in [5, 5.41) is 9.10. The van der Waals surface area contributed by atoms with Crippen LogP contribution in [0.4, 0.5) is 5.95 Å². The normalized spacial score (nSPS) is 10.8. The molecule has 0 aliphatic rings. The van der Waals surface area contributed by atoms with E-state index in [0.717, 1.165) is 29.0 Å². The van der Waals surface area contributed by atoms with Gasteiger partial charge in [-0.15, -0.1) is 16.4 Å². The number of amides is 1. The number of hydrogen-bond donors (Lipinski definition) is 1. The number of para-hydroxylation sites is 1. The van der Waals surface area contributed by atoms with Crippen LogP contribution >= 0.6 is 11.3 Å². The number of thiazole rings is 1. The molecule has 0 unspecified atom stereocenters. The van der Waals surface area contributed by atoms with Crippen LogP contribution in [0, 0.1) is 0 Å². The predicted octanol–water partition coefficient (Wildman–Crippen LogP) is 4.05. The Balaban J connectivity index is 1.47. The number of aromatic nitrogens is 3. The molecule has 0 atom stereocenters. The minimum atomic E-state index is -0.308. The first kappa shape index (κ1) is 18.9. The van der Waals surface area contributed by atoms with E-state index >= 15 is 0 Å². The highest BCUT2D eigenvalue weighted by Gasteiger charge is 2.14. The molecule has 2 aromatic heterocycles. The van der Waals surface area contributed by atoms with Gasteiger partial charge < -0.3 is 9.47 Å². The van der Waals surface area contributed by atoms with E-state index in [1.165, 1.54) is 11.3 Å². The van der Waals surface area contributed by atoms with Crippen molar-refractivity contribution in [2.75, 3.05) is 19.0 Å². The third-order valence-electron chi connectivity index (χ3n) is 4.41. The van der Waals surface area contributed by atoms with Gasteiger partial charge >= 0.3 is 0 Å². The molecular formula is C21H20N4O3S. The van der Waals surface area contributed by atoms with Crippen LogP contribution in [0.2, 0.25) is 0 Å². The number of carbonyl (C=O) groups is 1. The molecule has 0 aliphatic heterocycles. The van der Waals surface area contributed by atoms with Crippen molar-refractivity contribution in [2.24, 2.45) is 0 Å². The summed E-state index contributed by atoms with van der Waals surface area (Å²) in [6, 6.07) is 15.4. The van der Waals surface area contributed by atoms with Gasteiger partial charge in [0.2, 0.25) is 4.96 Å². The number of carbonyl (C=O) groups excluding carboxylic acids is 1. The highest BCUT2D eigenvalue weighted by atomic mass is 32.1. The number of nitrogens with one attached hydrogen (secondary N) is 1. The van der Waals surface area contributed by atoms with Gasteiger partial charge in [0, 0.05) is 10.9 Å². The maximum Gasteiger partial charge on any atom is 0.264 e. The highest BCUT2D eigenvalue weighted by Crippen LogP contribution is 2.28. The Morgan fingerprint density at radius 1 is 1.21 bits per heavy atom. The van der Waals surface area contributed by atoms with E-state index in [2.05, 4.69) is 15.4 Å². The minimum Gasteiger partial charge on any atom is -0.497 e. The SMILES string of the molecule is CCc1ccccc1OCC(=O)Nc1nc2scc(-c3cccc(OC)c3)n2n1. The number of ether oxygens (including phenoxy) is 2. The first-order valence-corrected chi connectivity index (χ1v) is 10.0. The van der Waals surface area contributed by atoms with Gasteiger partial charge in [0.1, 0.15) is 11.5 Å². The number of hydrogen-bond acceptors (Lipinski definition) is 6. The zero-order chi connectivity index (χ0) is 20.2. The molecule has 0 bridgehead atoms. The molecule has 148 valence electrons. The van der Waals surface area contributed by atoms with Crippen LogP contribution < -0.4 is 14.8 Å². The van der Waals surface area contributed by atoms with E-state index in [1.54, 1.807) is 11.6 Å². The smallest absolute Gasteiger partial charge is 0.264 e. The fraction of sp³-hybridized carbons (Fsp3) is 0.190. The maximum atomic E-state index is 12.3. The molecule has 1 amide bonds. The fourth-order valence-electron chi connectivity index (χ4n) is 2.96. The Morgan fingerprint density at radius 3 is 2.90 bits per heavy atom. The van der Waals surface area contributed by atoms with E-state index in [-0.39, 0.29) is 18.5 Å². The van der Waals surface area contributed by atoms with Gasteiger partial charge in [0.05, 0.1) is 12.8 Å². The Morgan fingerprint density at radius 2 is 2.07 bits per heavy atom. The first-order valence-electron chi connectivity index (χ1n) is 9.17. The zero-order valence-corrected chi connectivity index (χ0v) is 16.9. The van der Waals surface area contributed by atoms with E-state index in [9.17, 15) is 4.79 Å². The van der Waals surface area contributed by atoms with Gasteiger partial charge in [0.25, 0.3) is 11.9 Å². The zero-order valence-electron chi connectivity index (χ0n) is 16.1. The molecule has 0 aliphatic carbocycles.